The van der Waals surface area contributed by atoms with E-state index in [4.69, 9.17) is 4.74 Å². The Morgan fingerprint density at radius 2 is 2.07 bits per heavy atom. The normalized spacial score (nSPS) is 30.6. The van der Waals surface area contributed by atoms with Gasteiger partial charge in [0.1, 0.15) is 6.23 Å². The lowest BCUT2D eigenvalue weighted by molar-refractivity contribution is -0.0760. The highest BCUT2D eigenvalue weighted by Crippen LogP contribution is 2.12. The SMILES string of the molecule is CNC(NC1CCC(O)CO1)C(C)C. The number of aliphatic hydroxyl groups excluding tert-OH is 1. The molecule has 3 unspecified atom stereocenters. The molecule has 0 aromatic carbocycles. The van der Waals surface area contributed by atoms with E-state index in [-0.39, 0.29) is 18.5 Å². The maximum absolute atomic E-state index is 9.26. The Morgan fingerprint density at radius 1 is 1.36 bits per heavy atom. The van der Waals surface area contributed by atoms with E-state index in [2.05, 4.69) is 24.5 Å². The number of rotatable bonds is 4. The molecule has 1 aliphatic rings. The molecule has 3 N–H and O–H groups in total. The number of ether oxygens (including phenoxy) is 1. The molecule has 0 amide bonds. The van der Waals surface area contributed by atoms with Gasteiger partial charge in [0, 0.05) is 0 Å². The van der Waals surface area contributed by atoms with Crippen molar-refractivity contribution in [3.63, 3.8) is 0 Å². The van der Waals surface area contributed by atoms with Crippen LogP contribution in [0.5, 0.6) is 0 Å². The summed E-state index contributed by atoms with van der Waals surface area (Å²) < 4.78 is 5.47. The fourth-order valence-electron chi connectivity index (χ4n) is 1.68. The van der Waals surface area contributed by atoms with Crippen LogP contribution in [0.3, 0.4) is 0 Å². The molecule has 0 aromatic rings. The molecule has 0 bridgehead atoms. The molecule has 4 heteroatoms. The van der Waals surface area contributed by atoms with Gasteiger partial charge in [-0.1, -0.05) is 13.8 Å². The van der Waals surface area contributed by atoms with Gasteiger partial charge in [0.15, 0.2) is 0 Å². The lowest BCUT2D eigenvalue weighted by Gasteiger charge is -2.32. The average molecular weight is 202 g/mol. The molecular weight excluding hydrogens is 180 g/mol. The fraction of sp³-hybridized carbons (Fsp3) is 1.00. The van der Waals surface area contributed by atoms with Crippen molar-refractivity contribution in [1.82, 2.24) is 10.6 Å². The first kappa shape index (κ1) is 11.9. The predicted octanol–water partition coefficient (Wildman–Crippen LogP) is 0.275. The largest absolute Gasteiger partial charge is 0.391 e. The smallest absolute Gasteiger partial charge is 0.109 e. The molecular formula is C10H22N2O2. The quantitative estimate of drug-likeness (QED) is 0.573. The second-order valence-electron chi connectivity index (χ2n) is 4.23. The van der Waals surface area contributed by atoms with Crippen LogP contribution in [0.4, 0.5) is 0 Å². The molecule has 4 nitrogen and oxygen atoms in total. The van der Waals surface area contributed by atoms with E-state index in [1.165, 1.54) is 0 Å². The van der Waals surface area contributed by atoms with E-state index < -0.39 is 0 Å². The predicted molar refractivity (Wildman–Crippen MR) is 55.8 cm³/mol. The van der Waals surface area contributed by atoms with E-state index in [0.29, 0.717) is 12.5 Å². The van der Waals surface area contributed by atoms with Crippen LogP contribution in [0.25, 0.3) is 0 Å². The van der Waals surface area contributed by atoms with Crippen LogP contribution in [-0.4, -0.2) is 37.3 Å². The molecule has 1 rings (SSSR count). The van der Waals surface area contributed by atoms with Crippen LogP contribution in [0.15, 0.2) is 0 Å². The molecule has 0 saturated carbocycles. The Morgan fingerprint density at radius 3 is 2.50 bits per heavy atom. The standard InChI is InChI=1S/C10H22N2O2/c1-7(2)10(11-3)12-9-5-4-8(13)6-14-9/h7-13H,4-6H2,1-3H3. The van der Waals surface area contributed by atoms with Crippen LogP contribution in [0.1, 0.15) is 26.7 Å². The Kier molecular flexibility index (Phi) is 4.81. The van der Waals surface area contributed by atoms with Gasteiger partial charge in [-0.05, 0) is 25.8 Å². The van der Waals surface area contributed by atoms with Crippen molar-refractivity contribution < 1.29 is 9.84 Å². The average Bonchev–Trinajstić information content (AvgIpc) is 2.16. The molecule has 0 aliphatic carbocycles. The molecule has 14 heavy (non-hydrogen) atoms. The van der Waals surface area contributed by atoms with E-state index in [0.717, 1.165) is 12.8 Å². The van der Waals surface area contributed by atoms with Crippen LogP contribution in [-0.2, 0) is 4.74 Å². The van der Waals surface area contributed by atoms with Gasteiger partial charge >= 0.3 is 0 Å². The molecule has 1 fully saturated rings. The Labute approximate surface area is 86.0 Å². The monoisotopic (exact) mass is 202 g/mol. The topological polar surface area (TPSA) is 53.5 Å². The lowest BCUT2D eigenvalue weighted by Crippen LogP contribution is -2.51. The van der Waals surface area contributed by atoms with Gasteiger partial charge in [0.25, 0.3) is 0 Å². The summed E-state index contributed by atoms with van der Waals surface area (Å²) in [6.45, 7) is 4.77. The van der Waals surface area contributed by atoms with Crippen LogP contribution in [0.2, 0.25) is 0 Å². The van der Waals surface area contributed by atoms with E-state index in [1.807, 2.05) is 7.05 Å². The minimum Gasteiger partial charge on any atom is -0.391 e. The van der Waals surface area contributed by atoms with Crippen molar-refractivity contribution in [3.05, 3.63) is 0 Å². The zero-order chi connectivity index (χ0) is 10.6. The van der Waals surface area contributed by atoms with E-state index >= 15 is 0 Å². The maximum atomic E-state index is 9.26. The van der Waals surface area contributed by atoms with Crippen molar-refractivity contribution in [1.29, 1.82) is 0 Å². The summed E-state index contributed by atoms with van der Waals surface area (Å²) in [5.74, 6) is 0.524. The molecule has 1 aliphatic heterocycles. The number of nitrogens with one attached hydrogen (secondary N) is 2. The van der Waals surface area contributed by atoms with Gasteiger partial charge in [-0.2, -0.15) is 0 Å². The van der Waals surface area contributed by atoms with Crippen molar-refractivity contribution in [2.75, 3.05) is 13.7 Å². The van der Waals surface area contributed by atoms with E-state index in [1.54, 1.807) is 0 Å². The molecule has 84 valence electrons. The summed E-state index contributed by atoms with van der Waals surface area (Å²) in [6, 6.07) is 0. The first-order valence-electron chi connectivity index (χ1n) is 5.36. The van der Waals surface area contributed by atoms with Gasteiger partial charge < -0.3 is 15.2 Å². The molecule has 1 saturated heterocycles. The summed E-state index contributed by atoms with van der Waals surface area (Å²) in [5, 5.41) is 15.8. The highest BCUT2D eigenvalue weighted by molar-refractivity contribution is 4.73. The van der Waals surface area contributed by atoms with Crippen LogP contribution < -0.4 is 10.6 Å². The number of aliphatic hydroxyl groups is 1. The van der Waals surface area contributed by atoms with Gasteiger partial charge in [0.05, 0.1) is 18.9 Å². The molecule has 0 spiro atoms. The first-order chi connectivity index (χ1) is 6.63. The van der Waals surface area contributed by atoms with Gasteiger partial charge in [0.2, 0.25) is 0 Å². The zero-order valence-electron chi connectivity index (χ0n) is 9.29. The lowest BCUT2D eigenvalue weighted by atomic mass is 10.1. The van der Waals surface area contributed by atoms with E-state index in [9.17, 15) is 5.11 Å². The fourth-order valence-corrected chi connectivity index (χ4v) is 1.68. The van der Waals surface area contributed by atoms with Gasteiger partial charge in [-0.15, -0.1) is 0 Å². The first-order valence-corrected chi connectivity index (χ1v) is 5.36. The number of hydrogen-bond donors (Lipinski definition) is 3. The Balaban J connectivity index is 2.29. The van der Waals surface area contributed by atoms with Crippen LogP contribution >= 0.6 is 0 Å². The zero-order valence-corrected chi connectivity index (χ0v) is 9.29. The van der Waals surface area contributed by atoms with Crippen molar-refractivity contribution in [3.8, 4) is 0 Å². The Bertz CT molecular complexity index is 156. The summed E-state index contributed by atoms with van der Waals surface area (Å²) in [7, 11) is 1.94. The van der Waals surface area contributed by atoms with Crippen molar-refractivity contribution >= 4 is 0 Å². The second kappa shape index (κ2) is 5.66. The van der Waals surface area contributed by atoms with Gasteiger partial charge in [-0.25, -0.2) is 0 Å². The Hall–Kier alpha value is -0.160. The molecule has 0 aromatic heterocycles. The van der Waals surface area contributed by atoms with Crippen molar-refractivity contribution in [2.24, 2.45) is 5.92 Å². The van der Waals surface area contributed by atoms with Crippen molar-refractivity contribution in [2.45, 2.75) is 45.2 Å². The molecule has 0 radical (unpaired) electrons. The second-order valence-corrected chi connectivity index (χ2v) is 4.23. The summed E-state index contributed by atoms with van der Waals surface area (Å²) in [4.78, 5) is 0. The van der Waals surface area contributed by atoms with Crippen LogP contribution in [0, 0.1) is 5.92 Å². The third-order valence-electron chi connectivity index (χ3n) is 2.59. The maximum Gasteiger partial charge on any atom is 0.109 e. The minimum absolute atomic E-state index is 0.0817. The molecule has 1 heterocycles. The summed E-state index contributed by atoms with van der Waals surface area (Å²) >= 11 is 0. The third kappa shape index (κ3) is 3.53. The summed E-state index contributed by atoms with van der Waals surface area (Å²) in [6.07, 6.45) is 1.78. The highest BCUT2D eigenvalue weighted by atomic mass is 16.5. The minimum atomic E-state index is -0.278. The molecule has 3 atom stereocenters. The van der Waals surface area contributed by atoms with Gasteiger partial charge in [-0.3, -0.25) is 5.32 Å². The summed E-state index contributed by atoms with van der Waals surface area (Å²) in [5.41, 5.74) is 0. The third-order valence-corrected chi connectivity index (χ3v) is 2.59. The highest BCUT2D eigenvalue weighted by Gasteiger charge is 2.22. The number of hydrogen-bond acceptors (Lipinski definition) is 4.